The summed E-state index contributed by atoms with van der Waals surface area (Å²) in [4.78, 5) is 21.0. The Labute approximate surface area is 66.1 Å². The minimum atomic E-state index is -0.586. The molecule has 1 aliphatic heterocycles. The molecule has 5 heteroatoms. The molecule has 2 atom stereocenters. The molecule has 1 aliphatic rings. The minimum absolute atomic E-state index is 0.0220. The van der Waals surface area contributed by atoms with Crippen LogP contribution in [0.5, 0.6) is 0 Å². The average molecular weight is 152 g/mol. The number of hydrogen-bond donors (Lipinski definition) is 2. The van der Waals surface area contributed by atoms with Crippen LogP contribution in [-0.2, 0) is 4.79 Å². The normalized spacial score (nSPS) is 28.6. The number of nitrogens with one attached hydrogen (secondary N) is 2. The van der Waals surface area contributed by atoms with Gasteiger partial charge < -0.3 is 10.6 Å². The fraction of sp³-hybridized carbons (Fsp3) is 0.667. The summed E-state index contributed by atoms with van der Waals surface area (Å²) in [5, 5.41) is 5.03. The molecular weight excluding hydrogens is 143 g/mol. The van der Waals surface area contributed by atoms with Crippen LogP contribution in [0.25, 0.3) is 0 Å². The second-order valence-corrected chi connectivity index (χ2v) is 2.65. The third kappa shape index (κ3) is 1.72. The van der Waals surface area contributed by atoms with Crippen molar-refractivity contribution in [3.8, 4) is 0 Å². The van der Waals surface area contributed by atoms with Crippen molar-refractivity contribution >= 4 is 19.6 Å². The quantitative estimate of drug-likeness (QED) is 0.393. The molecule has 0 aromatic heterocycles. The SMILES string of the molecule is [B]C(=O)NC[C@H]1C(=O)N[C@@H]1C. The molecule has 0 bridgehead atoms. The number of carbonyl (C=O) groups is 2. The first-order chi connectivity index (χ1) is 5.11. The van der Waals surface area contributed by atoms with Gasteiger partial charge in [0.2, 0.25) is 5.91 Å². The maximum Gasteiger partial charge on any atom is 0.227 e. The zero-order valence-corrected chi connectivity index (χ0v) is 6.26. The van der Waals surface area contributed by atoms with Gasteiger partial charge in [-0.2, -0.15) is 0 Å². The summed E-state index contributed by atoms with van der Waals surface area (Å²) in [5.74, 6) is -0.717. The Kier molecular flexibility index (Phi) is 2.17. The van der Waals surface area contributed by atoms with Crippen molar-refractivity contribution in [3.05, 3.63) is 0 Å². The monoisotopic (exact) mass is 152 g/mol. The molecule has 1 rings (SSSR count). The molecule has 0 aromatic rings. The molecule has 11 heavy (non-hydrogen) atoms. The number of β-lactam (4-membered cyclic amide) rings is 1. The fourth-order valence-corrected chi connectivity index (χ4v) is 1.04. The lowest BCUT2D eigenvalue weighted by Crippen LogP contribution is -2.60. The Hall–Kier alpha value is -0.995. The van der Waals surface area contributed by atoms with Crippen LogP contribution in [0.2, 0.25) is 0 Å². The maximum atomic E-state index is 10.8. The molecule has 58 valence electrons. The van der Waals surface area contributed by atoms with Gasteiger partial charge in [0.15, 0.2) is 13.7 Å². The molecule has 2 N–H and O–H groups in total. The molecule has 1 fully saturated rings. The highest BCUT2D eigenvalue weighted by atomic mass is 16.2. The van der Waals surface area contributed by atoms with Crippen LogP contribution in [0.15, 0.2) is 0 Å². The summed E-state index contributed by atoms with van der Waals surface area (Å²) >= 11 is 0. The van der Waals surface area contributed by atoms with Crippen LogP contribution in [0.1, 0.15) is 6.92 Å². The smallest absolute Gasteiger partial charge is 0.227 e. The van der Waals surface area contributed by atoms with E-state index >= 15 is 0 Å². The molecule has 1 heterocycles. The van der Waals surface area contributed by atoms with Crippen LogP contribution in [0.3, 0.4) is 0 Å². The average Bonchev–Trinajstić information content (AvgIpc) is 1.86. The van der Waals surface area contributed by atoms with Gasteiger partial charge in [-0.15, -0.1) is 0 Å². The molecule has 2 amide bonds. The van der Waals surface area contributed by atoms with Gasteiger partial charge in [-0.25, -0.2) is 0 Å². The highest BCUT2D eigenvalue weighted by Gasteiger charge is 2.35. The molecule has 2 radical (unpaired) electrons. The molecule has 0 aromatic carbocycles. The highest BCUT2D eigenvalue weighted by Crippen LogP contribution is 2.12. The number of rotatable bonds is 2. The lowest BCUT2D eigenvalue weighted by molar-refractivity contribution is -0.134. The van der Waals surface area contributed by atoms with E-state index in [1.54, 1.807) is 0 Å². The molecule has 0 unspecified atom stereocenters. The first-order valence-electron chi connectivity index (χ1n) is 3.45. The Balaban J connectivity index is 2.26. The van der Waals surface area contributed by atoms with Crippen LogP contribution >= 0.6 is 0 Å². The molecule has 4 nitrogen and oxygen atoms in total. The van der Waals surface area contributed by atoms with E-state index < -0.39 is 5.81 Å². The van der Waals surface area contributed by atoms with Crippen molar-refractivity contribution < 1.29 is 9.59 Å². The van der Waals surface area contributed by atoms with Gasteiger partial charge in [0.25, 0.3) is 0 Å². The lowest BCUT2D eigenvalue weighted by atomic mass is 9.92. The Bertz CT molecular complexity index is 195. The van der Waals surface area contributed by atoms with Crippen LogP contribution in [-0.4, -0.2) is 32.1 Å². The zero-order valence-electron chi connectivity index (χ0n) is 6.26. The summed E-state index contributed by atoms with van der Waals surface area (Å²) in [6, 6.07) is 0.148. The van der Waals surface area contributed by atoms with E-state index in [0.29, 0.717) is 6.54 Å². The Morgan fingerprint density at radius 1 is 1.82 bits per heavy atom. The van der Waals surface area contributed by atoms with E-state index in [2.05, 4.69) is 10.6 Å². The molecule has 0 aliphatic carbocycles. The molecule has 0 spiro atoms. The maximum absolute atomic E-state index is 10.8. The highest BCUT2D eigenvalue weighted by molar-refractivity contribution is 6.57. The van der Waals surface area contributed by atoms with Crippen molar-refractivity contribution in [1.82, 2.24) is 10.6 Å². The fourth-order valence-electron chi connectivity index (χ4n) is 1.04. The summed E-state index contributed by atoms with van der Waals surface area (Å²) in [6.07, 6.45) is 0. The Morgan fingerprint density at radius 3 is 2.82 bits per heavy atom. The first-order valence-corrected chi connectivity index (χ1v) is 3.45. The lowest BCUT2D eigenvalue weighted by Gasteiger charge is -2.33. The third-order valence-corrected chi connectivity index (χ3v) is 1.81. The topological polar surface area (TPSA) is 58.2 Å². The third-order valence-electron chi connectivity index (χ3n) is 1.81. The Morgan fingerprint density at radius 2 is 2.45 bits per heavy atom. The van der Waals surface area contributed by atoms with Gasteiger partial charge in [0.05, 0.1) is 5.92 Å². The zero-order chi connectivity index (χ0) is 8.43. The number of carbonyl (C=O) groups excluding carboxylic acids is 2. The van der Waals surface area contributed by atoms with Gasteiger partial charge in [0, 0.05) is 12.6 Å². The minimum Gasteiger partial charge on any atom is -0.365 e. The predicted molar refractivity (Wildman–Crippen MR) is 40.2 cm³/mol. The van der Waals surface area contributed by atoms with Crippen molar-refractivity contribution in [2.75, 3.05) is 6.54 Å². The number of amides is 2. The van der Waals surface area contributed by atoms with E-state index in [4.69, 9.17) is 7.85 Å². The van der Waals surface area contributed by atoms with E-state index in [0.717, 1.165) is 0 Å². The van der Waals surface area contributed by atoms with E-state index in [1.807, 2.05) is 6.92 Å². The number of hydrogen-bond acceptors (Lipinski definition) is 2. The van der Waals surface area contributed by atoms with E-state index in [-0.39, 0.29) is 17.9 Å². The summed E-state index contributed by atoms with van der Waals surface area (Å²) in [5.41, 5.74) is 0. The summed E-state index contributed by atoms with van der Waals surface area (Å²) < 4.78 is 0. The van der Waals surface area contributed by atoms with Crippen molar-refractivity contribution in [1.29, 1.82) is 0 Å². The van der Waals surface area contributed by atoms with Gasteiger partial charge in [-0.05, 0) is 6.92 Å². The second-order valence-electron chi connectivity index (χ2n) is 2.65. The van der Waals surface area contributed by atoms with E-state index in [9.17, 15) is 9.59 Å². The van der Waals surface area contributed by atoms with Crippen molar-refractivity contribution in [3.63, 3.8) is 0 Å². The van der Waals surface area contributed by atoms with Crippen LogP contribution in [0, 0.1) is 5.92 Å². The first kappa shape index (κ1) is 8.10. The van der Waals surface area contributed by atoms with Crippen LogP contribution in [0.4, 0.5) is 4.79 Å². The van der Waals surface area contributed by atoms with Crippen molar-refractivity contribution in [2.45, 2.75) is 13.0 Å². The van der Waals surface area contributed by atoms with Crippen molar-refractivity contribution in [2.24, 2.45) is 5.92 Å². The summed E-state index contributed by atoms with van der Waals surface area (Å²) in [7, 11) is 4.83. The van der Waals surface area contributed by atoms with E-state index in [1.165, 1.54) is 0 Å². The molecule has 1 saturated heterocycles. The predicted octanol–water partition coefficient (Wildman–Crippen LogP) is -1.00. The van der Waals surface area contributed by atoms with Gasteiger partial charge >= 0.3 is 0 Å². The van der Waals surface area contributed by atoms with Gasteiger partial charge in [-0.1, -0.05) is 0 Å². The van der Waals surface area contributed by atoms with Gasteiger partial charge in [0.1, 0.15) is 0 Å². The largest absolute Gasteiger partial charge is 0.365 e. The molecular formula is C6H9BN2O2. The standard InChI is InChI=1S/C6H9BN2O2/c1-3-4(5(10)9-3)2-8-6(7)11/h3-4H,2H2,1H3,(H,8,11)(H,9,10)/t3-,4-/m1/s1. The van der Waals surface area contributed by atoms with Gasteiger partial charge in [-0.3, -0.25) is 9.59 Å². The summed E-state index contributed by atoms with van der Waals surface area (Å²) in [6.45, 7) is 2.22. The second kappa shape index (κ2) is 2.94. The molecule has 0 saturated carbocycles. The van der Waals surface area contributed by atoms with Crippen LogP contribution < -0.4 is 10.6 Å².